The maximum Gasteiger partial charge on any atom is 0.240 e. The standard InChI is InChI=1S/C12H23N3O/c1-4-14-7-5-6-11(14)8-15-10(3)13-9(2)12(15)16/h9-11,13H,4-8H2,1-3H3. The van der Waals surface area contributed by atoms with Crippen molar-refractivity contribution >= 4 is 5.91 Å². The van der Waals surface area contributed by atoms with Crippen LogP contribution in [0.2, 0.25) is 0 Å². The van der Waals surface area contributed by atoms with Gasteiger partial charge in [-0.2, -0.15) is 0 Å². The van der Waals surface area contributed by atoms with E-state index in [0.717, 1.165) is 13.1 Å². The third kappa shape index (κ3) is 2.09. The van der Waals surface area contributed by atoms with Crippen LogP contribution < -0.4 is 5.32 Å². The maximum atomic E-state index is 11.9. The molecule has 0 spiro atoms. The van der Waals surface area contributed by atoms with Gasteiger partial charge in [0.05, 0.1) is 12.2 Å². The van der Waals surface area contributed by atoms with E-state index in [9.17, 15) is 4.79 Å². The fraction of sp³-hybridized carbons (Fsp3) is 0.917. The van der Waals surface area contributed by atoms with Crippen molar-refractivity contribution in [2.24, 2.45) is 0 Å². The number of carbonyl (C=O) groups is 1. The van der Waals surface area contributed by atoms with E-state index in [1.807, 2.05) is 11.8 Å². The highest BCUT2D eigenvalue weighted by Crippen LogP contribution is 2.20. The number of nitrogens with one attached hydrogen (secondary N) is 1. The molecule has 2 heterocycles. The molecule has 0 aromatic heterocycles. The minimum Gasteiger partial charge on any atom is -0.325 e. The van der Waals surface area contributed by atoms with Gasteiger partial charge in [0.1, 0.15) is 0 Å². The number of carbonyl (C=O) groups excluding carboxylic acids is 1. The van der Waals surface area contributed by atoms with Gasteiger partial charge in [0.25, 0.3) is 0 Å². The quantitative estimate of drug-likeness (QED) is 0.765. The number of nitrogens with zero attached hydrogens (tertiary/aromatic N) is 2. The van der Waals surface area contributed by atoms with Gasteiger partial charge in [-0.15, -0.1) is 0 Å². The molecule has 2 rings (SSSR count). The Balaban J connectivity index is 1.96. The van der Waals surface area contributed by atoms with Gasteiger partial charge in [-0.25, -0.2) is 0 Å². The van der Waals surface area contributed by atoms with E-state index in [0.29, 0.717) is 6.04 Å². The highest BCUT2D eigenvalue weighted by Gasteiger charge is 2.36. The fourth-order valence-electron chi connectivity index (χ4n) is 2.96. The van der Waals surface area contributed by atoms with Gasteiger partial charge in [0, 0.05) is 12.6 Å². The first-order valence-corrected chi connectivity index (χ1v) is 6.44. The lowest BCUT2D eigenvalue weighted by molar-refractivity contribution is -0.130. The number of hydrogen-bond acceptors (Lipinski definition) is 3. The van der Waals surface area contributed by atoms with Crippen LogP contribution in [0.5, 0.6) is 0 Å². The monoisotopic (exact) mass is 225 g/mol. The molecule has 0 saturated carbocycles. The number of amides is 1. The molecule has 92 valence electrons. The van der Waals surface area contributed by atoms with Gasteiger partial charge >= 0.3 is 0 Å². The van der Waals surface area contributed by atoms with E-state index in [-0.39, 0.29) is 18.1 Å². The number of likely N-dealkylation sites (tertiary alicyclic amines) is 1. The summed E-state index contributed by atoms with van der Waals surface area (Å²) in [7, 11) is 0. The summed E-state index contributed by atoms with van der Waals surface area (Å²) >= 11 is 0. The van der Waals surface area contributed by atoms with Crippen molar-refractivity contribution in [3.05, 3.63) is 0 Å². The van der Waals surface area contributed by atoms with Crippen molar-refractivity contribution in [3.63, 3.8) is 0 Å². The molecule has 4 heteroatoms. The molecule has 2 aliphatic heterocycles. The van der Waals surface area contributed by atoms with Gasteiger partial charge < -0.3 is 4.90 Å². The summed E-state index contributed by atoms with van der Waals surface area (Å²) in [5, 5.41) is 3.28. The Hall–Kier alpha value is -0.610. The lowest BCUT2D eigenvalue weighted by Crippen LogP contribution is -2.44. The van der Waals surface area contributed by atoms with Crippen LogP contribution in [0, 0.1) is 0 Å². The number of likely N-dealkylation sites (N-methyl/N-ethyl adjacent to an activating group) is 1. The summed E-state index contributed by atoms with van der Waals surface area (Å²) in [6.07, 6.45) is 2.71. The van der Waals surface area contributed by atoms with Gasteiger partial charge in [-0.1, -0.05) is 6.92 Å². The molecule has 3 unspecified atom stereocenters. The second-order valence-corrected chi connectivity index (χ2v) is 4.98. The van der Waals surface area contributed by atoms with E-state index >= 15 is 0 Å². The number of hydrogen-bond donors (Lipinski definition) is 1. The molecule has 0 radical (unpaired) electrons. The van der Waals surface area contributed by atoms with E-state index in [1.165, 1.54) is 19.4 Å². The Kier molecular flexibility index (Phi) is 3.50. The van der Waals surface area contributed by atoms with Crippen molar-refractivity contribution in [2.45, 2.75) is 51.9 Å². The van der Waals surface area contributed by atoms with Gasteiger partial charge in [-0.3, -0.25) is 15.0 Å². The first-order chi connectivity index (χ1) is 7.63. The largest absolute Gasteiger partial charge is 0.325 e. The molecule has 1 amide bonds. The van der Waals surface area contributed by atoms with Crippen LogP contribution in [0.3, 0.4) is 0 Å². The molecule has 16 heavy (non-hydrogen) atoms. The lowest BCUT2D eigenvalue weighted by atomic mass is 10.2. The Morgan fingerprint density at radius 2 is 2.19 bits per heavy atom. The topological polar surface area (TPSA) is 35.6 Å². The molecule has 1 N–H and O–H groups in total. The molecule has 2 fully saturated rings. The van der Waals surface area contributed by atoms with Gasteiger partial charge in [0.2, 0.25) is 5.91 Å². The zero-order valence-corrected chi connectivity index (χ0v) is 10.6. The second kappa shape index (κ2) is 4.72. The van der Waals surface area contributed by atoms with Crippen molar-refractivity contribution in [1.82, 2.24) is 15.1 Å². The Bertz CT molecular complexity index is 269. The van der Waals surface area contributed by atoms with E-state index in [4.69, 9.17) is 0 Å². The third-order valence-electron chi connectivity index (χ3n) is 3.92. The highest BCUT2D eigenvalue weighted by atomic mass is 16.2. The molecule has 4 nitrogen and oxygen atoms in total. The second-order valence-electron chi connectivity index (χ2n) is 4.98. The average molecular weight is 225 g/mol. The summed E-state index contributed by atoms with van der Waals surface area (Å²) < 4.78 is 0. The van der Waals surface area contributed by atoms with Crippen molar-refractivity contribution < 1.29 is 4.79 Å². The minimum absolute atomic E-state index is 0.00789. The molecule has 0 aromatic carbocycles. The Morgan fingerprint density at radius 1 is 1.44 bits per heavy atom. The molecule has 0 aliphatic carbocycles. The smallest absolute Gasteiger partial charge is 0.240 e. The number of rotatable bonds is 3. The minimum atomic E-state index is -0.00789. The predicted octanol–water partition coefficient (Wildman–Crippen LogP) is 0.637. The van der Waals surface area contributed by atoms with Crippen molar-refractivity contribution in [2.75, 3.05) is 19.6 Å². The summed E-state index contributed by atoms with van der Waals surface area (Å²) in [4.78, 5) is 16.4. The summed E-state index contributed by atoms with van der Waals surface area (Å²) in [6.45, 7) is 9.42. The van der Waals surface area contributed by atoms with E-state index < -0.39 is 0 Å². The Morgan fingerprint density at radius 3 is 2.75 bits per heavy atom. The maximum absolute atomic E-state index is 11.9. The third-order valence-corrected chi connectivity index (χ3v) is 3.92. The van der Waals surface area contributed by atoms with Crippen LogP contribution in [0.15, 0.2) is 0 Å². The summed E-state index contributed by atoms with van der Waals surface area (Å²) in [5.41, 5.74) is 0. The fourth-order valence-corrected chi connectivity index (χ4v) is 2.96. The van der Waals surface area contributed by atoms with E-state index in [2.05, 4.69) is 24.1 Å². The molecule has 2 saturated heterocycles. The lowest BCUT2D eigenvalue weighted by Gasteiger charge is -2.29. The SMILES string of the molecule is CCN1CCCC1CN1C(=O)C(C)NC1C. The average Bonchev–Trinajstić information content (AvgIpc) is 2.79. The first kappa shape index (κ1) is 11.9. The van der Waals surface area contributed by atoms with E-state index in [1.54, 1.807) is 0 Å². The normalized spacial score (nSPS) is 36.3. The van der Waals surface area contributed by atoms with Crippen LogP contribution >= 0.6 is 0 Å². The van der Waals surface area contributed by atoms with Crippen molar-refractivity contribution in [3.8, 4) is 0 Å². The predicted molar refractivity (Wildman–Crippen MR) is 64.0 cm³/mol. The summed E-state index contributed by atoms with van der Waals surface area (Å²) in [5.74, 6) is 0.260. The summed E-state index contributed by atoms with van der Waals surface area (Å²) in [6, 6.07) is 0.565. The molecule has 0 bridgehead atoms. The van der Waals surface area contributed by atoms with Gasteiger partial charge in [-0.05, 0) is 39.8 Å². The van der Waals surface area contributed by atoms with Crippen LogP contribution in [0.25, 0.3) is 0 Å². The molecule has 3 atom stereocenters. The van der Waals surface area contributed by atoms with Gasteiger partial charge in [0.15, 0.2) is 0 Å². The molecular weight excluding hydrogens is 202 g/mol. The molecular formula is C12H23N3O. The van der Waals surface area contributed by atoms with Crippen LogP contribution in [-0.4, -0.2) is 53.6 Å². The first-order valence-electron chi connectivity index (χ1n) is 6.44. The zero-order chi connectivity index (χ0) is 11.7. The zero-order valence-electron chi connectivity index (χ0n) is 10.6. The van der Waals surface area contributed by atoms with Crippen LogP contribution in [0.4, 0.5) is 0 Å². The van der Waals surface area contributed by atoms with Crippen LogP contribution in [0.1, 0.15) is 33.6 Å². The highest BCUT2D eigenvalue weighted by molar-refractivity contribution is 5.83. The van der Waals surface area contributed by atoms with Crippen LogP contribution in [-0.2, 0) is 4.79 Å². The molecule has 2 aliphatic rings. The molecule has 0 aromatic rings. The van der Waals surface area contributed by atoms with Crippen molar-refractivity contribution in [1.29, 1.82) is 0 Å². The Labute approximate surface area is 98.0 Å².